The summed E-state index contributed by atoms with van der Waals surface area (Å²) in [7, 11) is 0. The SMILES string of the molecule is O=CCC1CCC(CNC(=O)Cc2ccc(O)c(O)c2O)CC1. The quantitative estimate of drug-likeness (QED) is 0.472. The van der Waals surface area contributed by atoms with Crippen LogP contribution in [0.1, 0.15) is 37.7 Å². The molecule has 0 saturated heterocycles. The van der Waals surface area contributed by atoms with E-state index in [4.69, 9.17) is 0 Å². The van der Waals surface area contributed by atoms with Gasteiger partial charge in [0.25, 0.3) is 0 Å². The molecule has 0 aromatic heterocycles. The number of phenolic OH excluding ortho intramolecular Hbond substituents is 3. The van der Waals surface area contributed by atoms with Gasteiger partial charge in [-0.1, -0.05) is 6.07 Å². The smallest absolute Gasteiger partial charge is 0.224 e. The Hall–Kier alpha value is -2.24. The molecule has 0 radical (unpaired) electrons. The second-order valence-electron chi connectivity index (χ2n) is 6.21. The third-order valence-electron chi connectivity index (χ3n) is 4.55. The van der Waals surface area contributed by atoms with E-state index in [0.717, 1.165) is 32.0 Å². The number of aromatic hydroxyl groups is 3. The fraction of sp³-hybridized carbons (Fsp3) is 0.529. The summed E-state index contributed by atoms with van der Waals surface area (Å²) in [6.07, 6.45) is 5.60. The number of aldehydes is 1. The highest BCUT2D eigenvalue weighted by atomic mass is 16.3. The third kappa shape index (κ3) is 4.61. The van der Waals surface area contributed by atoms with Gasteiger partial charge in [0.15, 0.2) is 11.5 Å². The third-order valence-corrected chi connectivity index (χ3v) is 4.55. The predicted molar refractivity (Wildman–Crippen MR) is 84.3 cm³/mol. The van der Waals surface area contributed by atoms with Crippen molar-refractivity contribution in [3.63, 3.8) is 0 Å². The number of nitrogens with one attached hydrogen (secondary N) is 1. The molecule has 0 spiro atoms. The van der Waals surface area contributed by atoms with Gasteiger partial charge in [-0.25, -0.2) is 0 Å². The molecule has 6 heteroatoms. The van der Waals surface area contributed by atoms with Crippen molar-refractivity contribution >= 4 is 12.2 Å². The van der Waals surface area contributed by atoms with Crippen LogP contribution in [0.25, 0.3) is 0 Å². The summed E-state index contributed by atoms with van der Waals surface area (Å²) in [4.78, 5) is 22.5. The van der Waals surface area contributed by atoms with E-state index in [2.05, 4.69) is 5.32 Å². The van der Waals surface area contributed by atoms with Crippen molar-refractivity contribution in [1.82, 2.24) is 5.32 Å². The molecule has 1 amide bonds. The average Bonchev–Trinajstić information content (AvgIpc) is 2.55. The van der Waals surface area contributed by atoms with Crippen molar-refractivity contribution < 1.29 is 24.9 Å². The molecule has 23 heavy (non-hydrogen) atoms. The summed E-state index contributed by atoms with van der Waals surface area (Å²) in [5.74, 6) is -0.822. The molecule has 1 aromatic rings. The maximum absolute atomic E-state index is 12.0. The second kappa shape index (κ2) is 7.85. The van der Waals surface area contributed by atoms with Gasteiger partial charge < -0.3 is 25.4 Å². The van der Waals surface area contributed by atoms with Crippen molar-refractivity contribution in [3.8, 4) is 17.2 Å². The lowest BCUT2D eigenvalue weighted by Crippen LogP contribution is -2.32. The molecular weight excluding hydrogens is 298 g/mol. The van der Waals surface area contributed by atoms with E-state index in [1.807, 2.05) is 0 Å². The Morgan fingerprint density at radius 2 is 1.74 bits per heavy atom. The summed E-state index contributed by atoms with van der Waals surface area (Å²) in [5.41, 5.74) is 0.271. The van der Waals surface area contributed by atoms with Crippen molar-refractivity contribution in [2.75, 3.05) is 6.54 Å². The summed E-state index contributed by atoms with van der Waals surface area (Å²) < 4.78 is 0. The van der Waals surface area contributed by atoms with E-state index < -0.39 is 17.2 Å². The highest BCUT2D eigenvalue weighted by Gasteiger charge is 2.21. The first-order valence-electron chi connectivity index (χ1n) is 7.94. The van der Waals surface area contributed by atoms with Gasteiger partial charge in [0, 0.05) is 18.5 Å². The molecule has 1 saturated carbocycles. The van der Waals surface area contributed by atoms with Gasteiger partial charge >= 0.3 is 0 Å². The number of hydrogen-bond acceptors (Lipinski definition) is 5. The van der Waals surface area contributed by atoms with Gasteiger partial charge in [0.05, 0.1) is 6.42 Å². The molecule has 1 aliphatic rings. The number of rotatable bonds is 6. The van der Waals surface area contributed by atoms with Crippen molar-refractivity contribution in [2.45, 2.75) is 38.5 Å². The van der Waals surface area contributed by atoms with E-state index in [-0.39, 0.29) is 17.9 Å². The Labute approximate surface area is 135 Å². The first-order valence-corrected chi connectivity index (χ1v) is 7.94. The number of benzene rings is 1. The largest absolute Gasteiger partial charge is 0.504 e. The Kier molecular flexibility index (Phi) is 5.84. The zero-order chi connectivity index (χ0) is 16.8. The molecule has 2 rings (SSSR count). The molecule has 0 heterocycles. The van der Waals surface area contributed by atoms with Crippen LogP contribution in [-0.2, 0) is 16.0 Å². The van der Waals surface area contributed by atoms with Gasteiger partial charge in [-0.3, -0.25) is 4.79 Å². The normalized spacial score (nSPS) is 20.9. The maximum atomic E-state index is 12.0. The van der Waals surface area contributed by atoms with Crippen LogP contribution < -0.4 is 5.32 Å². The average molecular weight is 321 g/mol. The molecule has 126 valence electrons. The monoisotopic (exact) mass is 321 g/mol. The van der Waals surface area contributed by atoms with E-state index in [0.29, 0.717) is 24.8 Å². The Morgan fingerprint density at radius 3 is 2.39 bits per heavy atom. The molecule has 0 bridgehead atoms. The zero-order valence-electron chi connectivity index (χ0n) is 13.0. The topological polar surface area (TPSA) is 107 Å². The van der Waals surface area contributed by atoms with E-state index in [1.54, 1.807) is 0 Å². The molecule has 0 aliphatic heterocycles. The minimum Gasteiger partial charge on any atom is -0.504 e. The Bertz CT molecular complexity index is 564. The molecule has 1 aliphatic carbocycles. The zero-order valence-corrected chi connectivity index (χ0v) is 13.0. The van der Waals surface area contributed by atoms with Crippen molar-refractivity contribution in [3.05, 3.63) is 17.7 Å². The number of amides is 1. The van der Waals surface area contributed by atoms with Crippen LogP contribution in [-0.4, -0.2) is 34.1 Å². The first-order chi connectivity index (χ1) is 11.0. The van der Waals surface area contributed by atoms with Crippen LogP contribution in [0, 0.1) is 11.8 Å². The van der Waals surface area contributed by atoms with Crippen LogP contribution in [0.4, 0.5) is 0 Å². The maximum Gasteiger partial charge on any atom is 0.224 e. The standard InChI is InChI=1S/C17H23NO5/c19-8-7-11-1-3-12(4-2-11)10-18-15(21)9-13-5-6-14(20)17(23)16(13)22/h5-6,8,11-12,20,22-23H,1-4,7,9-10H2,(H,18,21). The molecular formula is C17H23NO5. The number of phenols is 3. The molecule has 1 fully saturated rings. The van der Waals surface area contributed by atoms with Gasteiger partial charge in [0.1, 0.15) is 6.29 Å². The molecule has 6 nitrogen and oxygen atoms in total. The summed E-state index contributed by atoms with van der Waals surface area (Å²) in [6, 6.07) is 2.65. The van der Waals surface area contributed by atoms with E-state index >= 15 is 0 Å². The van der Waals surface area contributed by atoms with Gasteiger partial charge in [-0.15, -0.1) is 0 Å². The molecule has 0 atom stereocenters. The Morgan fingerprint density at radius 1 is 1.09 bits per heavy atom. The number of carbonyl (C=O) groups is 2. The lowest BCUT2D eigenvalue weighted by molar-refractivity contribution is -0.120. The van der Waals surface area contributed by atoms with E-state index in [1.165, 1.54) is 12.1 Å². The van der Waals surface area contributed by atoms with Crippen molar-refractivity contribution in [1.29, 1.82) is 0 Å². The molecule has 4 N–H and O–H groups in total. The minimum absolute atomic E-state index is 0.0554. The highest BCUT2D eigenvalue weighted by molar-refractivity contribution is 5.80. The van der Waals surface area contributed by atoms with E-state index in [9.17, 15) is 24.9 Å². The fourth-order valence-corrected chi connectivity index (χ4v) is 3.05. The first kappa shape index (κ1) is 17.1. The van der Waals surface area contributed by atoms with Gasteiger partial charge in [0.2, 0.25) is 11.7 Å². The van der Waals surface area contributed by atoms with Crippen LogP contribution in [0.15, 0.2) is 12.1 Å². The van der Waals surface area contributed by atoms with Crippen LogP contribution in [0.3, 0.4) is 0 Å². The molecule has 1 aromatic carbocycles. The lowest BCUT2D eigenvalue weighted by atomic mass is 9.81. The van der Waals surface area contributed by atoms with Crippen LogP contribution >= 0.6 is 0 Å². The van der Waals surface area contributed by atoms with Crippen LogP contribution in [0.2, 0.25) is 0 Å². The molecule has 0 unspecified atom stereocenters. The fourth-order valence-electron chi connectivity index (χ4n) is 3.05. The highest BCUT2D eigenvalue weighted by Crippen LogP contribution is 2.37. The van der Waals surface area contributed by atoms with Crippen LogP contribution in [0.5, 0.6) is 17.2 Å². The minimum atomic E-state index is -0.608. The van der Waals surface area contributed by atoms with Crippen molar-refractivity contribution in [2.24, 2.45) is 11.8 Å². The second-order valence-corrected chi connectivity index (χ2v) is 6.21. The summed E-state index contributed by atoms with van der Waals surface area (Å²) >= 11 is 0. The number of carbonyl (C=O) groups excluding carboxylic acids is 2. The number of hydrogen-bond donors (Lipinski definition) is 4. The van der Waals surface area contributed by atoms with Gasteiger partial charge in [-0.2, -0.15) is 0 Å². The predicted octanol–water partition coefficient (Wildman–Crippen LogP) is 1.86. The summed E-state index contributed by atoms with van der Waals surface area (Å²) in [6.45, 7) is 0.581. The Balaban J connectivity index is 1.78. The lowest BCUT2D eigenvalue weighted by Gasteiger charge is -2.27. The summed E-state index contributed by atoms with van der Waals surface area (Å²) in [5, 5.41) is 31.3. The van der Waals surface area contributed by atoms with Gasteiger partial charge in [-0.05, 0) is 43.6 Å².